The van der Waals surface area contributed by atoms with Gasteiger partial charge in [0.2, 0.25) is 0 Å². The minimum absolute atomic E-state index is 0.0245. The van der Waals surface area contributed by atoms with E-state index < -0.39 is 5.91 Å². The van der Waals surface area contributed by atoms with E-state index in [0.717, 1.165) is 0 Å². The number of carbonyl (C=O) groups is 1. The van der Waals surface area contributed by atoms with Gasteiger partial charge in [-0.1, -0.05) is 38.1 Å². The molecule has 0 saturated carbocycles. The number of nitrogens with one attached hydrogen (secondary N) is 1. The van der Waals surface area contributed by atoms with Gasteiger partial charge in [-0.25, -0.2) is 0 Å². The number of phenols is 1. The van der Waals surface area contributed by atoms with Crippen molar-refractivity contribution in [2.75, 3.05) is 5.32 Å². The summed E-state index contributed by atoms with van der Waals surface area (Å²) < 4.78 is 0. The lowest BCUT2D eigenvalue weighted by atomic mass is 10.0. The third kappa shape index (κ3) is 4.45. The molecule has 0 spiro atoms. The van der Waals surface area contributed by atoms with Crippen LogP contribution in [-0.2, 0) is 4.79 Å². The average Bonchev–Trinajstić information content (AvgIpc) is 2.53. The van der Waals surface area contributed by atoms with Crippen molar-refractivity contribution in [2.24, 2.45) is 0 Å². The molecule has 0 aliphatic rings. The van der Waals surface area contributed by atoms with Gasteiger partial charge >= 0.3 is 0 Å². The van der Waals surface area contributed by atoms with E-state index in [1.807, 2.05) is 30.3 Å². The molecular weight excluding hydrogens is 288 g/mol. The number of nitriles is 1. The van der Waals surface area contributed by atoms with Crippen LogP contribution in [0, 0.1) is 11.3 Å². The third-order valence-electron chi connectivity index (χ3n) is 3.38. The zero-order chi connectivity index (χ0) is 16.8. The normalized spacial score (nSPS) is 11.1. The number of amides is 1. The molecule has 4 heteroatoms. The monoisotopic (exact) mass is 306 g/mol. The molecule has 0 aliphatic carbocycles. The third-order valence-corrected chi connectivity index (χ3v) is 3.38. The quantitative estimate of drug-likeness (QED) is 0.661. The Bertz CT molecular complexity index is 769. The van der Waals surface area contributed by atoms with Gasteiger partial charge in [0.25, 0.3) is 5.91 Å². The highest BCUT2D eigenvalue weighted by atomic mass is 16.3. The van der Waals surface area contributed by atoms with Crippen LogP contribution in [0.15, 0.2) is 54.1 Å². The van der Waals surface area contributed by atoms with Crippen LogP contribution in [0.5, 0.6) is 5.75 Å². The molecule has 0 aliphatic heterocycles. The number of anilines is 1. The fraction of sp³-hybridized carbons (Fsp3) is 0.158. The molecule has 0 fully saturated rings. The maximum Gasteiger partial charge on any atom is 0.266 e. The van der Waals surface area contributed by atoms with Crippen LogP contribution in [0.3, 0.4) is 0 Å². The zero-order valence-electron chi connectivity index (χ0n) is 13.1. The van der Waals surface area contributed by atoms with Crippen molar-refractivity contribution in [1.82, 2.24) is 0 Å². The molecule has 0 atom stereocenters. The summed E-state index contributed by atoms with van der Waals surface area (Å²) in [6.07, 6.45) is 1.44. The van der Waals surface area contributed by atoms with Crippen molar-refractivity contribution in [1.29, 1.82) is 5.26 Å². The first-order valence-corrected chi connectivity index (χ1v) is 7.31. The molecule has 2 N–H and O–H groups in total. The summed E-state index contributed by atoms with van der Waals surface area (Å²) in [5.74, 6) is 0.0222. The van der Waals surface area contributed by atoms with E-state index in [4.69, 9.17) is 0 Å². The number of benzene rings is 2. The number of hydrogen-bond donors (Lipinski definition) is 2. The topological polar surface area (TPSA) is 73.1 Å². The van der Waals surface area contributed by atoms with Gasteiger partial charge < -0.3 is 10.4 Å². The van der Waals surface area contributed by atoms with Crippen LogP contribution < -0.4 is 5.32 Å². The van der Waals surface area contributed by atoms with E-state index in [0.29, 0.717) is 17.2 Å². The Morgan fingerprint density at radius 2 is 1.91 bits per heavy atom. The molecule has 0 saturated heterocycles. The van der Waals surface area contributed by atoms with Crippen LogP contribution in [0.25, 0.3) is 6.08 Å². The fourth-order valence-corrected chi connectivity index (χ4v) is 2.08. The zero-order valence-corrected chi connectivity index (χ0v) is 13.1. The van der Waals surface area contributed by atoms with Crippen molar-refractivity contribution in [3.8, 4) is 11.8 Å². The fourth-order valence-electron chi connectivity index (χ4n) is 2.08. The van der Waals surface area contributed by atoms with Crippen LogP contribution in [-0.4, -0.2) is 11.0 Å². The maximum absolute atomic E-state index is 12.2. The Morgan fingerprint density at radius 1 is 1.22 bits per heavy atom. The molecule has 2 aromatic rings. The number of aromatic hydroxyl groups is 1. The highest BCUT2D eigenvalue weighted by molar-refractivity contribution is 6.09. The first-order valence-electron chi connectivity index (χ1n) is 7.31. The van der Waals surface area contributed by atoms with E-state index in [2.05, 4.69) is 19.2 Å². The second-order valence-corrected chi connectivity index (χ2v) is 5.50. The van der Waals surface area contributed by atoms with E-state index >= 15 is 0 Å². The van der Waals surface area contributed by atoms with E-state index in [1.165, 1.54) is 23.8 Å². The molecule has 4 nitrogen and oxygen atoms in total. The van der Waals surface area contributed by atoms with Crippen LogP contribution in [0.4, 0.5) is 5.69 Å². The van der Waals surface area contributed by atoms with Crippen LogP contribution in [0.2, 0.25) is 0 Å². The predicted molar refractivity (Wildman–Crippen MR) is 90.9 cm³/mol. The van der Waals surface area contributed by atoms with Gasteiger partial charge in [-0.15, -0.1) is 0 Å². The summed E-state index contributed by atoms with van der Waals surface area (Å²) in [6, 6.07) is 15.8. The van der Waals surface area contributed by atoms with Gasteiger partial charge in [-0.3, -0.25) is 4.79 Å². The van der Waals surface area contributed by atoms with Gasteiger partial charge in [-0.2, -0.15) is 5.26 Å². The van der Waals surface area contributed by atoms with Crippen molar-refractivity contribution >= 4 is 17.7 Å². The summed E-state index contributed by atoms with van der Waals surface area (Å²) in [5.41, 5.74) is 2.38. The Morgan fingerprint density at radius 3 is 2.48 bits per heavy atom. The molecule has 23 heavy (non-hydrogen) atoms. The lowest BCUT2D eigenvalue weighted by Gasteiger charge is -2.08. The molecule has 2 aromatic carbocycles. The SMILES string of the molecule is CC(C)c1ccc(NC(=O)/C(C#N)=C/c2cccc(O)c2)cc1. The van der Waals surface area contributed by atoms with Crippen molar-refractivity contribution < 1.29 is 9.90 Å². The number of rotatable bonds is 4. The molecule has 116 valence electrons. The second kappa shape index (κ2) is 7.28. The second-order valence-electron chi connectivity index (χ2n) is 5.50. The average molecular weight is 306 g/mol. The Labute approximate surface area is 135 Å². The van der Waals surface area contributed by atoms with Crippen molar-refractivity contribution in [3.63, 3.8) is 0 Å². The standard InChI is InChI=1S/C19H18N2O2/c1-13(2)15-6-8-17(9-7-15)21-19(23)16(12-20)10-14-4-3-5-18(22)11-14/h3-11,13,22H,1-2H3,(H,21,23)/b16-10+. The summed E-state index contributed by atoms with van der Waals surface area (Å²) >= 11 is 0. The lowest BCUT2D eigenvalue weighted by molar-refractivity contribution is -0.112. The molecule has 0 bridgehead atoms. The van der Waals surface area contributed by atoms with Crippen LogP contribution in [0.1, 0.15) is 30.9 Å². The Kier molecular flexibility index (Phi) is 5.16. The van der Waals surface area contributed by atoms with Gasteiger partial charge in [0, 0.05) is 5.69 Å². The van der Waals surface area contributed by atoms with E-state index in [-0.39, 0.29) is 11.3 Å². The number of hydrogen-bond acceptors (Lipinski definition) is 3. The summed E-state index contributed by atoms with van der Waals surface area (Å²) in [4.78, 5) is 12.2. The van der Waals surface area contributed by atoms with Gasteiger partial charge in [0.1, 0.15) is 17.4 Å². The highest BCUT2D eigenvalue weighted by Gasteiger charge is 2.10. The lowest BCUT2D eigenvalue weighted by Crippen LogP contribution is -2.13. The molecule has 2 rings (SSSR count). The van der Waals surface area contributed by atoms with Crippen LogP contribution >= 0.6 is 0 Å². The molecule has 0 unspecified atom stereocenters. The molecule has 0 aromatic heterocycles. The minimum atomic E-state index is -0.479. The summed E-state index contributed by atoms with van der Waals surface area (Å²) in [5, 5.41) is 21.3. The van der Waals surface area contributed by atoms with E-state index in [9.17, 15) is 15.2 Å². The predicted octanol–water partition coefficient (Wildman–Crippen LogP) is 4.06. The maximum atomic E-state index is 12.2. The first kappa shape index (κ1) is 16.3. The largest absolute Gasteiger partial charge is 0.508 e. The number of carbonyl (C=O) groups excluding carboxylic acids is 1. The first-order chi connectivity index (χ1) is 11.0. The Balaban J connectivity index is 2.16. The van der Waals surface area contributed by atoms with Crippen molar-refractivity contribution in [2.45, 2.75) is 19.8 Å². The number of nitrogens with zero attached hydrogens (tertiary/aromatic N) is 1. The smallest absolute Gasteiger partial charge is 0.266 e. The summed E-state index contributed by atoms with van der Waals surface area (Å²) in [6.45, 7) is 4.19. The molecular formula is C19H18N2O2. The van der Waals surface area contributed by atoms with Gasteiger partial charge in [0.05, 0.1) is 0 Å². The van der Waals surface area contributed by atoms with E-state index in [1.54, 1.807) is 12.1 Å². The Hall–Kier alpha value is -3.06. The minimum Gasteiger partial charge on any atom is -0.508 e. The molecule has 1 amide bonds. The summed E-state index contributed by atoms with van der Waals surface area (Å²) in [7, 11) is 0. The van der Waals surface area contributed by atoms with Gasteiger partial charge in [-0.05, 0) is 47.4 Å². The molecule has 0 heterocycles. The van der Waals surface area contributed by atoms with Gasteiger partial charge in [0.15, 0.2) is 0 Å². The number of phenolic OH excluding ortho intramolecular Hbond substituents is 1. The molecule has 0 radical (unpaired) electrons. The van der Waals surface area contributed by atoms with Crippen molar-refractivity contribution in [3.05, 3.63) is 65.2 Å². The highest BCUT2D eigenvalue weighted by Crippen LogP contribution is 2.18.